The monoisotopic (exact) mass is 200 g/mol. The molecule has 0 amide bonds. The summed E-state index contributed by atoms with van der Waals surface area (Å²) in [5.41, 5.74) is 0. The SMILES string of the molecule is CC1(C)O[C@H]2[C@@H]([C@@H]3CO3)OC(=O)[C@H]2O1. The Morgan fingerprint density at radius 1 is 1.29 bits per heavy atom. The second-order valence-electron chi connectivity index (χ2n) is 4.29. The predicted octanol–water partition coefficient (Wildman–Crippen LogP) is -0.169. The molecule has 0 saturated carbocycles. The van der Waals surface area contributed by atoms with Crippen LogP contribution < -0.4 is 0 Å². The molecule has 3 saturated heterocycles. The Hall–Kier alpha value is -0.650. The first-order valence-electron chi connectivity index (χ1n) is 4.74. The molecule has 3 aliphatic rings. The van der Waals surface area contributed by atoms with Gasteiger partial charge in [-0.15, -0.1) is 0 Å². The molecule has 0 aliphatic carbocycles. The van der Waals surface area contributed by atoms with Crippen molar-refractivity contribution in [1.82, 2.24) is 0 Å². The largest absolute Gasteiger partial charge is 0.455 e. The zero-order valence-electron chi connectivity index (χ0n) is 8.06. The lowest BCUT2D eigenvalue weighted by Crippen LogP contribution is -2.33. The summed E-state index contributed by atoms with van der Waals surface area (Å²) in [5, 5.41) is 0. The average molecular weight is 200 g/mol. The van der Waals surface area contributed by atoms with Gasteiger partial charge in [0.05, 0.1) is 6.61 Å². The predicted molar refractivity (Wildman–Crippen MR) is 43.4 cm³/mol. The van der Waals surface area contributed by atoms with Crippen molar-refractivity contribution in [2.24, 2.45) is 0 Å². The molecule has 0 bridgehead atoms. The van der Waals surface area contributed by atoms with E-state index in [9.17, 15) is 4.79 Å². The summed E-state index contributed by atoms with van der Waals surface area (Å²) in [5.74, 6) is -1.02. The number of fused-ring (bicyclic) bond motifs is 1. The van der Waals surface area contributed by atoms with Crippen molar-refractivity contribution >= 4 is 5.97 Å². The van der Waals surface area contributed by atoms with Gasteiger partial charge in [0.1, 0.15) is 12.2 Å². The average Bonchev–Trinajstić information content (AvgIpc) is 2.80. The van der Waals surface area contributed by atoms with Crippen LogP contribution in [0.2, 0.25) is 0 Å². The van der Waals surface area contributed by atoms with E-state index in [1.807, 2.05) is 0 Å². The molecule has 14 heavy (non-hydrogen) atoms. The molecule has 0 N–H and O–H groups in total. The first-order chi connectivity index (χ1) is 6.57. The molecular weight excluding hydrogens is 188 g/mol. The highest BCUT2D eigenvalue weighted by atomic mass is 16.8. The van der Waals surface area contributed by atoms with Crippen LogP contribution in [0.25, 0.3) is 0 Å². The Bertz CT molecular complexity index is 283. The molecule has 3 rings (SSSR count). The number of hydrogen-bond acceptors (Lipinski definition) is 5. The van der Waals surface area contributed by atoms with E-state index in [1.54, 1.807) is 13.8 Å². The highest BCUT2D eigenvalue weighted by Crippen LogP contribution is 2.39. The highest BCUT2D eigenvalue weighted by Gasteiger charge is 2.60. The van der Waals surface area contributed by atoms with Crippen LogP contribution >= 0.6 is 0 Å². The van der Waals surface area contributed by atoms with Gasteiger partial charge in [0.15, 0.2) is 18.0 Å². The molecule has 5 heteroatoms. The lowest BCUT2D eigenvalue weighted by Gasteiger charge is -2.20. The van der Waals surface area contributed by atoms with E-state index < -0.39 is 11.9 Å². The molecule has 0 unspecified atom stereocenters. The van der Waals surface area contributed by atoms with Crippen molar-refractivity contribution in [3.8, 4) is 0 Å². The molecule has 5 nitrogen and oxygen atoms in total. The van der Waals surface area contributed by atoms with Gasteiger partial charge in [-0.3, -0.25) is 0 Å². The maximum atomic E-state index is 11.4. The molecule has 0 aromatic rings. The number of carbonyl (C=O) groups excluding carboxylic acids is 1. The quantitative estimate of drug-likeness (QED) is 0.434. The van der Waals surface area contributed by atoms with Gasteiger partial charge in [-0.2, -0.15) is 0 Å². The smallest absolute Gasteiger partial charge is 0.338 e. The van der Waals surface area contributed by atoms with Crippen LogP contribution in [0.1, 0.15) is 13.8 Å². The van der Waals surface area contributed by atoms with E-state index in [0.29, 0.717) is 6.61 Å². The van der Waals surface area contributed by atoms with Crippen LogP contribution in [0.4, 0.5) is 0 Å². The highest BCUT2D eigenvalue weighted by molar-refractivity contribution is 5.78. The summed E-state index contributed by atoms with van der Waals surface area (Å²) in [6.45, 7) is 4.23. The molecule has 0 radical (unpaired) electrons. The summed E-state index contributed by atoms with van der Waals surface area (Å²) in [4.78, 5) is 11.4. The number of epoxide rings is 1. The number of rotatable bonds is 1. The maximum absolute atomic E-state index is 11.4. The van der Waals surface area contributed by atoms with Gasteiger partial charge in [-0.25, -0.2) is 4.79 Å². The second-order valence-corrected chi connectivity index (χ2v) is 4.29. The van der Waals surface area contributed by atoms with Gasteiger partial charge in [-0.05, 0) is 13.8 Å². The Labute approximate surface area is 81.3 Å². The van der Waals surface area contributed by atoms with E-state index in [0.717, 1.165) is 0 Å². The number of esters is 1. The van der Waals surface area contributed by atoms with Crippen LogP contribution in [-0.2, 0) is 23.7 Å². The lowest BCUT2D eigenvalue weighted by atomic mass is 10.1. The van der Waals surface area contributed by atoms with Crippen molar-refractivity contribution < 1.29 is 23.7 Å². The third kappa shape index (κ3) is 1.16. The van der Waals surface area contributed by atoms with Gasteiger partial charge in [0.25, 0.3) is 0 Å². The minimum absolute atomic E-state index is 0.00597. The molecule has 0 aromatic heterocycles. The van der Waals surface area contributed by atoms with Crippen LogP contribution in [-0.4, -0.2) is 42.8 Å². The van der Waals surface area contributed by atoms with Crippen molar-refractivity contribution in [3.63, 3.8) is 0 Å². The van der Waals surface area contributed by atoms with Gasteiger partial charge < -0.3 is 18.9 Å². The minimum atomic E-state index is -0.693. The summed E-state index contributed by atoms with van der Waals surface area (Å²) in [6, 6.07) is 0. The Morgan fingerprint density at radius 3 is 2.64 bits per heavy atom. The fraction of sp³-hybridized carbons (Fsp3) is 0.889. The van der Waals surface area contributed by atoms with E-state index in [-0.39, 0.29) is 24.3 Å². The summed E-state index contributed by atoms with van der Waals surface area (Å²) >= 11 is 0. The van der Waals surface area contributed by atoms with Gasteiger partial charge >= 0.3 is 5.97 Å². The number of cyclic esters (lactones) is 1. The fourth-order valence-corrected chi connectivity index (χ4v) is 2.01. The second kappa shape index (κ2) is 2.48. The minimum Gasteiger partial charge on any atom is -0.455 e. The third-order valence-electron chi connectivity index (χ3n) is 2.66. The zero-order chi connectivity index (χ0) is 9.92. The molecule has 3 heterocycles. The van der Waals surface area contributed by atoms with E-state index in [2.05, 4.69) is 0 Å². The molecule has 0 aromatic carbocycles. The first-order valence-corrected chi connectivity index (χ1v) is 4.74. The van der Waals surface area contributed by atoms with Crippen LogP contribution in [0, 0.1) is 0 Å². The number of hydrogen-bond donors (Lipinski definition) is 0. The first kappa shape index (κ1) is 8.64. The Morgan fingerprint density at radius 2 is 2.00 bits per heavy atom. The lowest BCUT2D eigenvalue weighted by molar-refractivity contribution is -0.187. The summed E-state index contributed by atoms with van der Waals surface area (Å²) in [6.07, 6.45) is -1.15. The Kier molecular flexibility index (Phi) is 1.53. The molecular formula is C9H12O5. The van der Waals surface area contributed by atoms with E-state index in [1.165, 1.54) is 0 Å². The Balaban J connectivity index is 1.83. The van der Waals surface area contributed by atoms with Crippen LogP contribution in [0.15, 0.2) is 0 Å². The summed E-state index contributed by atoms with van der Waals surface area (Å²) in [7, 11) is 0. The third-order valence-corrected chi connectivity index (χ3v) is 2.66. The van der Waals surface area contributed by atoms with Crippen molar-refractivity contribution in [2.75, 3.05) is 6.61 Å². The zero-order valence-corrected chi connectivity index (χ0v) is 8.06. The molecule has 78 valence electrons. The van der Waals surface area contributed by atoms with Crippen molar-refractivity contribution in [2.45, 2.75) is 44.1 Å². The number of ether oxygens (including phenoxy) is 4. The van der Waals surface area contributed by atoms with E-state index in [4.69, 9.17) is 18.9 Å². The summed E-state index contributed by atoms with van der Waals surface area (Å²) < 4.78 is 21.3. The van der Waals surface area contributed by atoms with Crippen molar-refractivity contribution in [3.05, 3.63) is 0 Å². The molecule has 0 spiro atoms. The van der Waals surface area contributed by atoms with E-state index >= 15 is 0 Å². The standard InChI is InChI=1S/C9H12O5/c1-9(2)13-6-5(4-3-11-4)12-8(10)7(6)14-9/h4-7H,3H2,1-2H3/t4-,5+,6-,7-/m0/s1. The van der Waals surface area contributed by atoms with Crippen molar-refractivity contribution in [1.29, 1.82) is 0 Å². The molecule has 4 atom stereocenters. The van der Waals surface area contributed by atoms with Gasteiger partial charge in [-0.1, -0.05) is 0 Å². The molecule has 3 fully saturated rings. The normalized spacial score (nSPS) is 48.9. The maximum Gasteiger partial charge on any atom is 0.338 e. The topological polar surface area (TPSA) is 57.3 Å². The van der Waals surface area contributed by atoms with Crippen LogP contribution in [0.3, 0.4) is 0 Å². The molecule has 3 aliphatic heterocycles. The van der Waals surface area contributed by atoms with Gasteiger partial charge in [0, 0.05) is 0 Å². The van der Waals surface area contributed by atoms with Gasteiger partial charge in [0.2, 0.25) is 0 Å². The van der Waals surface area contributed by atoms with Crippen LogP contribution in [0.5, 0.6) is 0 Å². The fourth-order valence-electron chi connectivity index (χ4n) is 2.01. The number of carbonyl (C=O) groups is 1.